The highest BCUT2D eigenvalue weighted by atomic mass is 32.2. The van der Waals surface area contributed by atoms with Gasteiger partial charge < -0.3 is 10.2 Å². The van der Waals surface area contributed by atoms with Crippen LogP contribution < -0.4 is 10.2 Å². The van der Waals surface area contributed by atoms with E-state index >= 15 is 0 Å². The number of thioether (sulfide) groups is 1. The SMILES string of the molecule is CN(CCNC(=O)c1ccccc1SCc1cscn1)c1ccccc1. The van der Waals surface area contributed by atoms with Crippen LogP contribution in [0, 0.1) is 0 Å². The van der Waals surface area contributed by atoms with Gasteiger partial charge >= 0.3 is 0 Å². The fourth-order valence-electron chi connectivity index (χ4n) is 2.48. The van der Waals surface area contributed by atoms with Crippen molar-refractivity contribution in [3.8, 4) is 0 Å². The first-order valence-electron chi connectivity index (χ1n) is 8.37. The number of para-hydroxylation sites is 1. The van der Waals surface area contributed by atoms with E-state index in [1.165, 1.54) is 0 Å². The van der Waals surface area contributed by atoms with Crippen LogP contribution >= 0.6 is 23.1 Å². The molecule has 0 fully saturated rings. The largest absolute Gasteiger partial charge is 0.373 e. The summed E-state index contributed by atoms with van der Waals surface area (Å²) in [7, 11) is 2.03. The topological polar surface area (TPSA) is 45.2 Å². The summed E-state index contributed by atoms with van der Waals surface area (Å²) < 4.78 is 0. The van der Waals surface area contributed by atoms with Gasteiger partial charge in [-0.05, 0) is 24.3 Å². The number of anilines is 1. The number of carbonyl (C=O) groups excluding carboxylic acids is 1. The lowest BCUT2D eigenvalue weighted by Crippen LogP contribution is -2.33. The average molecular weight is 384 g/mol. The maximum atomic E-state index is 12.6. The molecule has 134 valence electrons. The first kappa shape index (κ1) is 18.5. The van der Waals surface area contributed by atoms with E-state index in [4.69, 9.17) is 0 Å². The quantitative estimate of drug-likeness (QED) is 0.589. The molecule has 0 atom stereocenters. The molecule has 3 rings (SSSR count). The van der Waals surface area contributed by atoms with Crippen LogP contribution in [0.4, 0.5) is 5.69 Å². The van der Waals surface area contributed by atoms with Crippen molar-refractivity contribution in [1.29, 1.82) is 0 Å². The molecule has 0 spiro atoms. The molecule has 0 saturated heterocycles. The Morgan fingerprint density at radius 3 is 2.69 bits per heavy atom. The van der Waals surface area contributed by atoms with Crippen molar-refractivity contribution in [2.24, 2.45) is 0 Å². The number of nitrogens with one attached hydrogen (secondary N) is 1. The molecule has 0 unspecified atom stereocenters. The van der Waals surface area contributed by atoms with E-state index in [-0.39, 0.29) is 5.91 Å². The van der Waals surface area contributed by atoms with Crippen LogP contribution in [0.15, 0.2) is 70.4 Å². The lowest BCUT2D eigenvalue weighted by molar-refractivity contribution is 0.0952. The first-order valence-corrected chi connectivity index (χ1v) is 10.3. The Kier molecular flexibility index (Phi) is 6.68. The zero-order valence-electron chi connectivity index (χ0n) is 14.6. The number of amides is 1. The van der Waals surface area contributed by atoms with Gasteiger partial charge in [-0.1, -0.05) is 30.3 Å². The number of nitrogens with zero attached hydrogens (tertiary/aromatic N) is 2. The number of benzene rings is 2. The van der Waals surface area contributed by atoms with Crippen molar-refractivity contribution in [3.63, 3.8) is 0 Å². The van der Waals surface area contributed by atoms with Crippen LogP contribution in [-0.4, -0.2) is 31.0 Å². The summed E-state index contributed by atoms with van der Waals surface area (Å²) in [6, 6.07) is 17.9. The zero-order valence-corrected chi connectivity index (χ0v) is 16.2. The highest BCUT2D eigenvalue weighted by molar-refractivity contribution is 7.98. The van der Waals surface area contributed by atoms with E-state index in [1.54, 1.807) is 23.1 Å². The molecular weight excluding hydrogens is 362 g/mol. The summed E-state index contributed by atoms with van der Waals surface area (Å²) in [5.41, 5.74) is 4.73. The molecule has 0 aliphatic heterocycles. The van der Waals surface area contributed by atoms with Crippen molar-refractivity contribution in [2.75, 3.05) is 25.0 Å². The molecule has 0 bridgehead atoms. The number of hydrogen-bond acceptors (Lipinski definition) is 5. The second-order valence-corrected chi connectivity index (χ2v) is 7.51. The fourth-order valence-corrected chi connectivity index (χ4v) is 4.10. The Bertz CT molecular complexity index is 822. The van der Waals surface area contributed by atoms with Crippen molar-refractivity contribution in [3.05, 3.63) is 76.7 Å². The highest BCUT2D eigenvalue weighted by Crippen LogP contribution is 2.26. The predicted octanol–water partition coefficient (Wildman–Crippen LogP) is 4.30. The smallest absolute Gasteiger partial charge is 0.252 e. The van der Waals surface area contributed by atoms with Crippen molar-refractivity contribution in [2.45, 2.75) is 10.6 Å². The third-order valence-corrected chi connectivity index (χ3v) is 5.66. The Morgan fingerprint density at radius 1 is 1.15 bits per heavy atom. The molecular formula is C20H21N3OS2. The second-order valence-electron chi connectivity index (χ2n) is 5.78. The Labute approximate surface area is 162 Å². The van der Waals surface area contributed by atoms with Crippen LogP contribution in [0.3, 0.4) is 0 Å². The lowest BCUT2D eigenvalue weighted by Gasteiger charge is -2.19. The summed E-state index contributed by atoms with van der Waals surface area (Å²) in [5.74, 6) is 0.734. The van der Waals surface area contributed by atoms with Gasteiger partial charge in [-0.15, -0.1) is 23.1 Å². The van der Waals surface area contributed by atoms with E-state index in [1.807, 2.05) is 60.4 Å². The van der Waals surface area contributed by atoms with Gasteiger partial charge in [-0.25, -0.2) is 4.98 Å². The standard InChI is InChI=1S/C20H21N3OS2/c1-23(17-7-3-2-4-8-17)12-11-21-20(24)18-9-5-6-10-19(18)26-14-16-13-25-15-22-16/h2-10,13,15H,11-12,14H2,1H3,(H,21,24). The third kappa shape index (κ3) is 5.09. The van der Waals surface area contributed by atoms with Crippen LogP contribution in [0.5, 0.6) is 0 Å². The van der Waals surface area contributed by atoms with Crippen LogP contribution in [-0.2, 0) is 5.75 Å². The van der Waals surface area contributed by atoms with Gasteiger partial charge in [0.05, 0.1) is 16.8 Å². The van der Waals surface area contributed by atoms with Crippen LogP contribution in [0.2, 0.25) is 0 Å². The fraction of sp³-hybridized carbons (Fsp3) is 0.200. The molecule has 0 saturated carbocycles. The molecule has 6 heteroatoms. The van der Waals surface area contributed by atoms with Gasteiger partial charge in [0, 0.05) is 41.9 Å². The van der Waals surface area contributed by atoms with Crippen molar-refractivity contribution in [1.82, 2.24) is 10.3 Å². The van der Waals surface area contributed by atoms with Crippen molar-refractivity contribution < 1.29 is 4.79 Å². The highest BCUT2D eigenvalue weighted by Gasteiger charge is 2.12. The summed E-state index contributed by atoms with van der Waals surface area (Å²) in [4.78, 5) is 20.0. The summed E-state index contributed by atoms with van der Waals surface area (Å²) in [5, 5.41) is 5.06. The summed E-state index contributed by atoms with van der Waals surface area (Å²) >= 11 is 3.23. The minimum absolute atomic E-state index is 0.0344. The van der Waals surface area contributed by atoms with E-state index in [0.29, 0.717) is 6.54 Å². The number of rotatable bonds is 8. The molecule has 1 heterocycles. The Hall–Kier alpha value is -2.31. The van der Waals surface area contributed by atoms with Gasteiger partial charge in [0.2, 0.25) is 0 Å². The molecule has 1 amide bonds. The molecule has 1 N–H and O–H groups in total. The summed E-state index contributed by atoms with van der Waals surface area (Å²) in [6.45, 7) is 1.35. The molecule has 26 heavy (non-hydrogen) atoms. The predicted molar refractivity (Wildman–Crippen MR) is 110 cm³/mol. The number of hydrogen-bond donors (Lipinski definition) is 1. The number of likely N-dealkylation sites (N-methyl/N-ethyl adjacent to an activating group) is 1. The molecule has 0 aliphatic rings. The third-order valence-electron chi connectivity index (χ3n) is 3.92. The molecule has 0 aliphatic carbocycles. The minimum atomic E-state index is -0.0344. The number of carbonyl (C=O) groups is 1. The monoisotopic (exact) mass is 383 g/mol. The van der Waals surface area contributed by atoms with E-state index < -0.39 is 0 Å². The molecule has 0 radical (unpaired) electrons. The normalized spacial score (nSPS) is 10.5. The van der Waals surface area contributed by atoms with Crippen molar-refractivity contribution >= 4 is 34.7 Å². The van der Waals surface area contributed by atoms with Gasteiger partial charge in [0.25, 0.3) is 5.91 Å². The van der Waals surface area contributed by atoms with Gasteiger partial charge in [0.15, 0.2) is 0 Å². The number of aromatic nitrogens is 1. The number of thiazole rings is 1. The van der Waals surface area contributed by atoms with E-state index in [9.17, 15) is 4.79 Å². The zero-order chi connectivity index (χ0) is 18.2. The van der Waals surface area contributed by atoms with Gasteiger partial charge in [0.1, 0.15) is 0 Å². The van der Waals surface area contributed by atoms with Crippen LogP contribution in [0.1, 0.15) is 16.1 Å². The second kappa shape index (κ2) is 9.40. The molecule has 1 aromatic heterocycles. The molecule has 4 nitrogen and oxygen atoms in total. The Balaban J connectivity index is 1.54. The minimum Gasteiger partial charge on any atom is -0.373 e. The van der Waals surface area contributed by atoms with E-state index in [2.05, 4.69) is 27.3 Å². The lowest BCUT2D eigenvalue weighted by atomic mass is 10.2. The summed E-state index contributed by atoms with van der Waals surface area (Å²) in [6.07, 6.45) is 0. The first-order chi connectivity index (χ1) is 12.7. The van der Waals surface area contributed by atoms with Gasteiger partial charge in [-0.2, -0.15) is 0 Å². The average Bonchev–Trinajstić information content (AvgIpc) is 3.20. The van der Waals surface area contributed by atoms with Crippen LogP contribution in [0.25, 0.3) is 0 Å². The maximum absolute atomic E-state index is 12.6. The van der Waals surface area contributed by atoms with E-state index in [0.717, 1.165) is 34.1 Å². The maximum Gasteiger partial charge on any atom is 0.252 e. The molecule has 3 aromatic rings. The van der Waals surface area contributed by atoms with Gasteiger partial charge in [-0.3, -0.25) is 4.79 Å². The Morgan fingerprint density at radius 2 is 1.92 bits per heavy atom. The molecule has 2 aromatic carbocycles.